The van der Waals surface area contributed by atoms with Gasteiger partial charge in [0.05, 0.1) is 7.11 Å². The largest absolute Gasteiger partial charge is 0.494 e. The predicted octanol–water partition coefficient (Wildman–Crippen LogP) is 3.80. The molecule has 122 valence electrons. The Kier molecular flexibility index (Phi) is 4.16. The zero-order valence-corrected chi connectivity index (χ0v) is 13.6. The molecule has 0 amide bonds. The quantitative estimate of drug-likeness (QED) is 0.637. The Morgan fingerprint density at radius 2 is 1.92 bits per heavy atom. The summed E-state index contributed by atoms with van der Waals surface area (Å²) in [4.78, 5) is 16.2. The SMILES string of the molecule is COc1ccc(/C=C2\N=C(c3ccc(C)c(C)c3)OC2=O)cc1F. The van der Waals surface area contributed by atoms with E-state index >= 15 is 0 Å². The van der Waals surface area contributed by atoms with E-state index in [0.29, 0.717) is 5.56 Å². The molecule has 2 aromatic carbocycles. The van der Waals surface area contributed by atoms with Crippen LogP contribution in [-0.2, 0) is 9.53 Å². The van der Waals surface area contributed by atoms with Crippen molar-refractivity contribution >= 4 is 17.9 Å². The number of aliphatic imine (C=N–C) groups is 1. The van der Waals surface area contributed by atoms with Gasteiger partial charge in [0.25, 0.3) is 0 Å². The van der Waals surface area contributed by atoms with Gasteiger partial charge in [-0.05, 0) is 60.9 Å². The fourth-order valence-corrected chi connectivity index (χ4v) is 2.34. The molecule has 0 bridgehead atoms. The maximum Gasteiger partial charge on any atom is 0.363 e. The zero-order valence-electron chi connectivity index (χ0n) is 13.6. The fourth-order valence-electron chi connectivity index (χ4n) is 2.34. The first-order valence-electron chi connectivity index (χ1n) is 7.41. The average molecular weight is 325 g/mol. The molecule has 1 aliphatic heterocycles. The van der Waals surface area contributed by atoms with Gasteiger partial charge in [-0.2, -0.15) is 0 Å². The first-order valence-corrected chi connectivity index (χ1v) is 7.41. The first kappa shape index (κ1) is 15.9. The minimum absolute atomic E-state index is 0.132. The molecule has 0 fully saturated rings. The number of methoxy groups -OCH3 is 1. The molecule has 24 heavy (non-hydrogen) atoms. The average Bonchev–Trinajstić information content (AvgIpc) is 2.91. The molecule has 0 atom stereocenters. The van der Waals surface area contributed by atoms with Gasteiger partial charge in [0, 0.05) is 5.56 Å². The van der Waals surface area contributed by atoms with Crippen LogP contribution in [0.4, 0.5) is 4.39 Å². The van der Waals surface area contributed by atoms with Gasteiger partial charge < -0.3 is 9.47 Å². The molecule has 5 heteroatoms. The number of ether oxygens (including phenoxy) is 2. The molecule has 1 aliphatic rings. The van der Waals surface area contributed by atoms with Crippen molar-refractivity contribution in [3.63, 3.8) is 0 Å². The Hall–Kier alpha value is -2.95. The van der Waals surface area contributed by atoms with Crippen LogP contribution in [0.15, 0.2) is 47.1 Å². The van der Waals surface area contributed by atoms with E-state index < -0.39 is 11.8 Å². The number of rotatable bonds is 3. The number of hydrogen-bond donors (Lipinski definition) is 0. The zero-order chi connectivity index (χ0) is 17.3. The van der Waals surface area contributed by atoms with Gasteiger partial charge in [-0.15, -0.1) is 0 Å². The summed E-state index contributed by atoms with van der Waals surface area (Å²) in [6.45, 7) is 3.98. The summed E-state index contributed by atoms with van der Waals surface area (Å²) in [6, 6.07) is 10.1. The van der Waals surface area contributed by atoms with E-state index in [1.54, 1.807) is 6.07 Å². The van der Waals surface area contributed by atoms with Crippen molar-refractivity contribution in [2.75, 3.05) is 7.11 Å². The molecule has 4 nitrogen and oxygen atoms in total. The van der Waals surface area contributed by atoms with Gasteiger partial charge >= 0.3 is 5.97 Å². The maximum atomic E-state index is 13.7. The molecule has 0 unspecified atom stereocenters. The highest BCUT2D eigenvalue weighted by Crippen LogP contribution is 2.23. The Morgan fingerprint density at radius 1 is 1.12 bits per heavy atom. The summed E-state index contributed by atoms with van der Waals surface area (Å²) in [5, 5.41) is 0. The molecule has 0 aromatic heterocycles. The van der Waals surface area contributed by atoms with Crippen molar-refractivity contribution in [1.82, 2.24) is 0 Å². The third kappa shape index (κ3) is 3.06. The van der Waals surface area contributed by atoms with Gasteiger partial charge in [-0.3, -0.25) is 0 Å². The number of nitrogens with zero attached hydrogens (tertiary/aromatic N) is 1. The first-order chi connectivity index (χ1) is 11.5. The molecule has 2 aromatic rings. The summed E-state index contributed by atoms with van der Waals surface area (Å²) in [6.07, 6.45) is 1.49. The van der Waals surface area contributed by atoms with Gasteiger partial charge in [-0.25, -0.2) is 14.2 Å². The van der Waals surface area contributed by atoms with Crippen molar-refractivity contribution < 1.29 is 18.7 Å². The molecule has 0 saturated carbocycles. The molecular weight excluding hydrogens is 309 g/mol. The highest BCUT2D eigenvalue weighted by atomic mass is 19.1. The molecule has 0 radical (unpaired) electrons. The van der Waals surface area contributed by atoms with Crippen LogP contribution in [0.25, 0.3) is 6.08 Å². The number of benzene rings is 2. The van der Waals surface area contributed by atoms with E-state index in [1.807, 2.05) is 32.0 Å². The second kappa shape index (κ2) is 6.28. The van der Waals surface area contributed by atoms with Crippen molar-refractivity contribution in [2.24, 2.45) is 4.99 Å². The second-order valence-electron chi connectivity index (χ2n) is 5.53. The molecule has 3 rings (SSSR count). The number of aryl methyl sites for hydroxylation is 2. The van der Waals surface area contributed by atoms with Crippen molar-refractivity contribution in [3.8, 4) is 5.75 Å². The second-order valence-corrected chi connectivity index (χ2v) is 5.53. The minimum Gasteiger partial charge on any atom is -0.494 e. The van der Waals surface area contributed by atoms with Crippen molar-refractivity contribution in [3.05, 3.63) is 70.2 Å². The van der Waals surface area contributed by atoms with E-state index in [-0.39, 0.29) is 17.3 Å². The van der Waals surface area contributed by atoms with Gasteiger partial charge in [0.1, 0.15) is 0 Å². The Balaban J connectivity index is 1.93. The molecule has 0 saturated heterocycles. The molecular formula is C19H16FNO3. The number of esters is 1. The lowest BCUT2D eigenvalue weighted by Gasteiger charge is -2.03. The standard InChI is InChI=1S/C19H16FNO3/c1-11-4-6-14(8-12(11)2)18-21-16(19(22)24-18)10-13-5-7-17(23-3)15(20)9-13/h4-10H,1-3H3/b16-10-. The topological polar surface area (TPSA) is 47.9 Å². The van der Waals surface area contributed by atoms with E-state index in [2.05, 4.69) is 4.99 Å². The van der Waals surface area contributed by atoms with Gasteiger partial charge in [-0.1, -0.05) is 12.1 Å². The Labute approximate surface area is 139 Å². The van der Waals surface area contributed by atoms with Crippen LogP contribution in [0, 0.1) is 19.7 Å². The lowest BCUT2D eigenvalue weighted by Crippen LogP contribution is -2.05. The Morgan fingerprint density at radius 3 is 2.58 bits per heavy atom. The van der Waals surface area contributed by atoms with Crippen LogP contribution >= 0.6 is 0 Å². The highest BCUT2D eigenvalue weighted by Gasteiger charge is 2.24. The monoisotopic (exact) mass is 325 g/mol. The third-order valence-corrected chi connectivity index (χ3v) is 3.85. The van der Waals surface area contributed by atoms with Crippen molar-refractivity contribution in [1.29, 1.82) is 0 Å². The summed E-state index contributed by atoms with van der Waals surface area (Å²) in [5.74, 6) is -0.662. The lowest BCUT2D eigenvalue weighted by atomic mass is 10.1. The van der Waals surface area contributed by atoms with Gasteiger partial charge in [0.15, 0.2) is 17.3 Å². The maximum absolute atomic E-state index is 13.7. The van der Waals surface area contributed by atoms with Gasteiger partial charge in [0.2, 0.25) is 5.90 Å². The number of carbonyl (C=O) groups is 1. The fraction of sp³-hybridized carbons (Fsp3) is 0.158. The number of cyclic esters (lactones) is 1. The van der Waals surface area contributed by atoms with Crippen LogP contribution in [0.3, 0.4) is 0 Å². The molecule has 0 spiro atoms. The van der Waals surface area contributed by atoms with Crippen LogP contribution in [0.1, 0.15) is 22.3 Å². The van der Waals surface area contributed by atoms with Crippen LogP contribution in [-0.4, -0.2) is 19.0 Å². The Bertz CT molecular complexity index is 884. The van der Waals surface area contributed by atoms with E-state index in [0.717, 1.165) is 16.7 Å². The van der Waals surface area contributed by atoms with Crippen LogP contribution in [0.5, 0.6) is 5.75 Å². The van der Waals surface area contributed by atoms with Crippen LogP contribution < -0.4 is 4.74 Å². The van der Waals surface area contributed by atoms with E-state index in [9.17, 15) is 9.18 Å². The lowest BCUT2D eigenvalue weighted by molar-refractivity contribution is -0.129. The van der Waals surface area contributed by atoms with E-state index in [1.165, 1.54) is 25.3 Å². The molecule has 0 N–H and O–H groups in total. The number of halogens is 1. The summed E-state index contributed by atoms with van der Waals surface area (Å²) in [7, 11) is 1.39. The summed E-state index contributed by atoms with van der Waals surface area (Å²) in [5.41, 5.74) is 3.60. The third-order valence-electron chi connectivity index (χ3n) is 3.85. The van der Waals surface area contributed by atoms with E-state index in [4.69, 9.17) is 9.47 Å². The summed E-state index contributed by atoms with van der Waals surface area (Å²) < 4.78 is 23.8. The van der Waals surface area contributed by atoms with Crippen LogP contribution in [0.2, 0.25) is 0 Å². The molecule has 1 heterocycles. The normalized spacial score (nSPS) is 15.4. The summed E-state index contributed by atoms with van der Waals surface area (Å²) >= 11 is 0. The smallest absolute Gasteiger partial charge is 0.363 e. The number of hydrogen-bond acceptors (Lipinski definition) is 4. The highest BCUT2D eigenvalue weighted by molar-refractivity contribution is 6.12. The van der Waals surface area contributed by atoms with Crippen molar-refractivity contribution in [2.45, 2.75) is 13.8 Å². The minimum atomic E-state index is -0.556. The predicted molar refractivity (Wildman–Crippen MR) is 89.5 cm³/mol. The number of carbonyl (C=O) groups excluding carboxylic acids is 1. The molecule has 0 aliphatic carbocycles.